The van der Waals surface area contributed by atoms with Crippen molar-refractivity contribution in [3.8, 4) is 0 Å². The maximum Gasteiger partial charge on any atom is 0.416 e. The molecule has 1 aliphatic carbocycles. The van der Waals surface area contributed by atoms with E-state index in [4.69, 9.17) is 0 Å². The average molecular weight is 365 g/mol. The molecule has 0 bridgehead atoms. The van der Waals surface area contributed by atoms with Crippen molar-refractivity contribution >= 4 is 5.91 Å². The number of aliphatic hydroxyl groups excluding tert-OH is 2. The molecule has 138 valence electrons. The van der Waals surface area contributed by atoms with Crippen LogP contribution in [0.5, 0.6) is 0 Å². The fourth-order valence-electron chi connectivity index (χ4n) is 3.30. The molecule has 3 N–H and O–H groups in total. The highest BCUT2D eigenvalue weighted by Gasteiger charge is 2.43. The Labute approximate surface area is 148 Å². The molecule has 1 saturated carbocycles. The first kappa shape index (κ1) is 18.4. The van der Waals surface area contributed by atoms with E-state index in [0.29, 0.717) is 0 Å². The second-order valence-electron chi connectivity index (χ2n) is 6.39. The van der Waals surface area contributed by atoms with E-state index in [1.54, 1.807) is 0 Å². The van der Waals surface area contributed by atoms with Crippen LogP contribution in [0.15, 0.2) is 54.6 Å². The first-order valence-electron chi connectivity index (χ1n) is 8.16. The monoisotopic (exact) mass is 365 g/mol. The van der Waals surface area contributed by atoms with Crippen LogP contribution in [-0.2, 0) is 6.18 Å². The Morgan fingerprint density at radius 1 is 1.00 bits per heavy atom. The normalized spacial score (nSPS) is 25.9. The summed E-state index contributed by atoms with van der Waals surface area (Å²) >= 11 is 0. The summed E-state index contributed by atoms with van der Waals surface area (Å²) in [6.45, 7) is 0. The van der Waals surface area contributed by atoms with Crippen LogP contribution >= 0.6 is 0 Å². The number of nitrogens with one attached hydrogen (secondary N) is 1. The Kier molecular flexibility index (Phi) is 5.02. The lowest BCUT2D eigenvalue weighted by Crippen LogP contribution is -2.45. The Balaban J connectivity index is 1.78. The van der Waals surface area contributed by atoms with Crippen LogP contribution in [0.2, 0.25) is 0 Å². The van der Waals surface area contributed by atoms with Gasteiger partial charge in [0.05, 0.1) is 17.7 Å². The van der Waals surface area contributed by atoms with Crippen molar-refractivity contribution in [2.24, 2.45) is 0 Å². The second-order valence-corrected chi connectivity index (χ2v) is 6.39. The van der Waals surface area contributed by atoms with Crippen LogP contribution in [0.25, 0.3) is 0 Å². The molecule has 2 aromatic rings. The summed E-state index contributed by atoms with van der Waals surface area (Å²) in [7, 11) is 0. The predicted octanol–water partition coefficient (Wildman–Crippen LogP) is 2.71. The lowest BCUT2D eigenvalue weighted by molar-refractivity contribution is -0.137. The Hall–Kier alpha value is -2.38. The third kappa shape index (κ3) is 3.73. The zero-order valence-corrected chi connectivity index (χ0v) is 13.6. The minimum absolute atomic E-state index is 0.0541. The van der Waals surface area contributed by atoms with E-state index in [1.165, 1.54) is 0 Å². The van der Waals surface area contributed by atoms with Gasteiger partial charge in [-0.05, 0) is 36.2 Å². The number of aliphatic hydroxyl groups is 2. The molecule has 1 aliphatic rings. The molecule has 3 rings (SSSR count). The van der Waals surface area contributed by atoms with E-state index in [9.17, 15) is 28.2 Å². The lowest BCUT2D eigenvalue weighted by Gasteiger charge is -2.24. The maximum atomic E-state index is 12.6. The summed E-state index contributed by atoms with van der Waals surface area (Å²) in [5.74, 6) is -0.891. The van der Waals surface area contributed by atoms with Gasteiger partial charge in [0.15, 0.2) is 0 Å². The van der Waals surface area contributed by atoms with E-state index in [0.717, 1.165) is 29.8 Å². The molecule has 4 nitrogen and oxygen atoms in total. The first-order chi connectivity index (χ1) is 12.3. The highest BCUT2D eigenvalue weighted by Crippen LogP contribution is 2.35. The molecule has 26 heavy (non-hydrogen) atoms. The van der Waals surface area contributed by atoms with Crippen molar-refractivity contribution in [2.75, 3.05) is 0 Å². The molecule has 0 aromatic heterocycles. The highest BCUT2D eigenvalue weighted by atomic mass is 19.4. The second kappa shape index (κ2) is 7.09. The van der Waals surface area contributed by atoms with Gasteiger partial charge in [-0.3, -0.25) is 4.79 Å². The van der Waals surface area contributed by atoms with Crippen LogP contribution in [-0.4, -0.2) is 34.4 Å². The lowest BCUT2D eigenvalue weighted by atomic mass is 9.93. The van der Waals surface area contributed by atoms with Gasteiger partial charge in [0, 0.05) is 11.5 Å². The summed E-state index contributed by atoms with van der Waals surface area (Å²) in [4.78, 5) is 12.4. The molecular weight excluding hydrogens is 347 g/mol. The molecule has 4 atom stereocenters. The number of amides is 1. The number of carbonyl (C=O) groups is 1. The average Bonchev–Trinajstić information content (AvgIpc) is 2.90. The topological polar surface area (TPSA) is 69.6 Å². The first-order valence-corrected chi connectivity index (χ1v) is 8.16. The van der Waals surface area contributed by atoms with Gasteiger partial charge >= 0.3 is 6.18 Å². The standard InChI is InChI=1S/C19H18F3NO3/c20-19(21,22)13-8-6-12(7-9-13)18(26)23-16-14(10-15(24)17(16)25)11-4-2-1-3-5-11/h1-9,14-17,24-25H,10H2,(H,23,26)/t14-,15-,16-,17-/m1/s1. The molecule has 1 fully saturated rings. The Morgan fingerprint density at radius 3 is 2.19 bits per heavy atom. The van der Waals surface area contributed by atoms with Gasteiger partial charge in [0.1, 0.15) is 6.10 Å². The van der Waals surface area contributed by atoms with Crippen LogP contribution in [0.3, 0.4) is 0 Å². The zero-order chi connectivity index (χ0) is 18.9. The van der Waals surface area contributed by atoms with Crippen molar-refractivity contribution in [1.29, 1.82) is 0 Å². The number of hydrogen-bond acceptors (Lipinski definition) is 3. The van der Waals surface area contributed by atoms with Gasteiger partial charge in [-0.1, -0.05) is 30.3 Å². The maximum absolute atomic E-state index is 12.6. The smallest absolute Gasteiger partial charge is 0.390 e. The van der Waals surface area contributed by atoms with E-state index in [2.05, 4.69) is 5.32 Å². The summed E-state index contributed by atoms with van der Waals surface area (Å²) in [6.07, 6.45) is -6.33. The van der Waals surface area contributed by atoms with Gasteiger partial charge in [0.25, 0.3) is 5.91 Å². The summed E-state index contributed by atoms with van der Waals surface area (Å²) < 4.78 is 37.9. The van der Waals surface area contributed by atoms with Crippen molar-refractivity contribution < 1.29 is 28.2 Å². The van der Waals surface area contributed by atoms with Gasteiger partial charge in [-0.25, -0.2) is 0 Å². The summed E-state index contributed by atoms with van der Waals surface area (Å²) in [5, 5.41) is 22.9. The van der Waals surface area contributed by atoms with Crippen LogP contribution in [0, 0.1) is 0 Å². The Morgan fingerprint density at radius 2 is 1.62 bits per heavy atom. The van der Waals surface area contributed by atoms with Gasteiger partial charge in [-0.2, -0.15) is 13.2 Å². The Bertz CT molecular complexity index is 762. The third-order valence-corrected chi connectivity index (χ3v) is 4.69. The van der Waals surface area contributed by atoms with Crippen molar-refractivity contribution in [2.45, 2.75) is 36.8 Å². The van der Waals surface area contributed by atoms with Crippen molar-refractivity contribution in [3.63, 3.8) is 0 Å². The van der Waals surface area contributed by atoms with Crippen LogP contribution in [0.4, 0.5) is 13.2 Å². The summed E-state index contributed by atoms with van der Waals surface area (Å²) in [5.41, 5.74) is 0.0757. The molecule has 0 aliphatic heterocycles. The van der Waals surface area contributed by atoms with Gasteiger partial charge in [0.2, 0.25) is 0 Å². The molecule has 1 amide bonds. The van der Waals surface area contributed by atoms with Gasteiger partial charge < -0.3 is 15.5 Å². The highest BCUT2D eigenvalue weighted by molar-refractivity contribution is 5.94. The predicted molar refractivity (Wildman–Crippen MR) is 88.5 cm³/mol. The molecule has 0 heterocycles. The molecule has 0 radical (unpaired) electrons. The van der Waals surface area contributed by atoms with Crippen LogP contribution < -0.4 is 5.32 Å². The number of benzene rings is 2. The van der Waals surface area contributed by atoms with E-state index in [1.807, 2.05) is 30.3 Å². The number of hydrogen-bond donors (Lipinski definition) is 3. The van der Waals surface area contributed by atoms with Gasteiger partial charge in [-0.15, -0.1) is 0 Å². The van der Waals surface area contributed by atoms with Crippen LogP contribution in [0.1, 0.15) is 33.8 Å². The number of halogens is 3. The zero-order valence-electron chi connectivity index (χ0n) is 13.6. The number of alkyl halides is 3. The minimum Gasteiger partial charge on any atom is -0.390 e. The third-order valence-electron chi connectivity index (χ3n) is 4.69. The van der Waals surface area contributed by atoms with E-state index in [-0.39, 0.29) is 17.9 Å². The summed E-state index contributed by atoms with van der Waals surface area (Å²) in [6, 6.07) is 12.3. The molecule has 0 spiro atoms. The molecule has 7 heteroatoms. The largest absolute Gasteiger partial charge is 0.416 e. The molecule has 0 unspecified atom stereocenters. The van der Waals surface area contributed by atoms with Crippen molar-refractivity contribution in [3.05, 3.63) is 71.3 Å². The van der Waals surface area contributed by atoms with E-state index < -0.39 is 35.9 Å². The molecule has 0 saturated heterocycles. The number of rotatable bonds is 3. The van der Waals surface area contributed by atoms with Crippen molar-refractivity contribution in [1.82, 2.24) is 5.32 Å². The molecule has 2 aromatic carbocycles. The van der Waals surface area contributed by atoms with E-state index >= 15 is 0 Å². The number of carbonyl (C=O) groups excluding carboxylic acids is 1. The minimum atomic E-state index is -4.47. The molecular formula is C19H18F3NO3. The quantitative estimate of drug-likeness (QED) is 0.783. The fraction of sp³-hybridized carbons (Fsp3) is 0.316. The SMILES string of the molecule is O=C(N[C@H]1[C@H](O)[C@H](O)C[C@@H]1c1ccccc1)c1ccc(C(F)(F)F)cc1. The fourth-order valence-corrected chi connectivity index (χ4v) is 3.30.